The first-order chi connectivity index (χ1) is 32.8. The fraction of sp³-hybridized carbons (Fsp3) is 0. The van der Waals surface area contributed by atoms with Crippen molar-refractivity contribution >= 4 is 87.2 Å². The number of para-hydroxylation sites is 6. The number of benzene rings is 9. The standard InChI is InChI=1S/C59H35N7/c60-36-46-58(65-47-28-14-10-24-40(47)42-32-34-51-53(55(42)65)44-26-12-16-30-49(44)63(51)38-20-6-2-7-21-38)61-57(37-18-4-1-5-19-37)62-59(46)66-48-29-15-11-25-41(48)43-33-35-52-54(56(43)66)45-27-13-17-31-50(45)64(52)39-22-8-3-9-23-39/h1-35H. The van der Waals surface area contributed by atoms with E-state index < -0.39 is 0 Å². The van der Waals surface area contributed by atoms with E-state index in [1.54, 1.807) is 0 Å². The fourth-order valence-electron chi connectivity index (χ4n) is 10.7. The van der Waals surface area contributed by atoms with Gasteiger partial charge in [0.15, 0.2) is 17.5 Å². The first-order valence-electron chi connectivity index (χ1n) is 22.2. The van der Waals surface area contributed by atoms with Crippen molar-refractivity contribution in [1.82, 2.24) is 28.2 Å². The van der Waals surface area contributed by atoms with Crippen LogP contribution in [0.3, 0.4) is 0 Å². The van der Waals surface area contributed by atoms with Gasteiger partial charge in [0.05, 0.1) is 44.1 Å². The number of nitrogens with zero attached hydrogens (tertiary/aromatic N) is 7. The number of nitriles is 1. The van der Waals surface area contributed by atoms with Crippen LogP contribution >= 0.6 is 0 Å². The molecule has 0 N–H and O–H groups in total. The zero-order valence-corrected chi connectivity index (χ0v) is 35.3. The van der Waals surface area contributed by atoms with Crippen LogP contribution in [0.4, 0.5) is 0 Å². The monoisotopic (exact) mass is 841 g/mol. The molecule has 306 valence electrons. The van der Waals surface area contributed by atoms with Crippen LogP contribution in [-0.4, -0.2) is 28.2 Å². The van der Waals surface area contributed by atoms with Crippen molar-refractivity contribution in [3.63, 3.8) is 0 Å². The Bertz CT molecular complexity index is 4080. The zero-order chi connectivity index (χ0) is 43.5. The Balaban J connectivity index is 1.19. The van der Waals surface area contributed by atoms with Crippen molar-refractivity contribution in [2.24, 2.45) is 0 Å². The zero-order valence-electron chi connectivity index (χ0n) is 35.3. The molecule has 0 unspecified atom stereocenters. The molecule has 0 saturated carbocycles. The van der Waals surface area contributed by atoms with E-state index in [1.165, 1.54) is 0 Å². The molecule has 5 heterocycles. The maximum atomic E-state index is 11.9. The maximum Gasteiger partial charge on any atom is 0.164 e. The van der Waals surface area contributed by atoms with Gasteiger partial charge in [0.1, 0.15) is 11.6 Å². The molecule has 0 bridgehead atoms. The Morgan fingerprint density at radius 2 is 0.682 bits per heavy atom. The molecule has 14 rings (SSSR count). The molecule has 7 heteroatoms. The van der Waals surface area contributed by atoms with Crippen LogP contribution in [0.15, 0.2) is 212 Å². The van der Waals surface area contributed by atoms with Gasteiger partial charge in [-0.25, -0.2) is 9.97 Å². The Labute approximate surface area is 377 Å². The highest BCUT2D eigenvalue weighted by atomic mass is 15.2. The lowest BCUT2D eigenvalue weighted by molar-refractivity contribution is 0.984. The molecule has 0 aliphatic rings. The van der Waals surface area contributed by atoms with Crippen molar-refractivity contribution in [3.05, 3.63) is 218 Å². The van der Waals surface area contributed by atoms with E-state index >= 15 is 0 Å². The minimum absolute atomic E-state index is 0.368. The van der Waals surface area contributed by atoms with E-state index in [-0.39, 0.29) is 0 Å². The highest BCUT2D eigenvalue weighted by molar-refractivity contribution is 6.27. The SMILES string of the molecule is N#Cc1c(-n2c3ccccc3c3ccc4c(c5ccccc5n4-c4ccccc4)c32)nc(-c2ccccc2)nc1-n1c2ccccc2c2ccc3c(c4ccccc4n3-c3ccccc3)c21. The summed E-state index contributed by atoms with van der Waals surface area (Å²) in [4.78, 5) is 11.0. The van der Waals surface area contributed by atoms with Crippen LogP contribution in [-0.2, 0) is 0 Å². The van der Waals surface area contributed by atoms with Crippen LogP contribution in [0, 0.1) is 11.3 Å². The Kier molecular flexibility index (Phi) is 7.62. The second-order valence-electron chi connectivity index (χ2n) is 16.8. The van der Waals surface area contributed by atoms with Crippen LogP contribution in [0.2, 0.25) is 0 Å². The lowest BCUT2D eigenvalue weighted by atomic mass is 10.1. The lowest BCUT2D eigenvalue weighted by Crippen LogP contribution is -2.11. The summed E-state index contributed by atoms with van der Waals surface area (Å²) >= 11 is 0. The van der Waals surface area contributed by atoms with Crippen LogP contribution < -0.4 is 0 Å². The minimum atomic E-state index is 0.368. The molecule has 0 aliphatic heterocycles. The number of rotatable bonds is 5. The summed E-state index contributed by atoms with van der Waals surface area (Å²) in [5.41, 5.74) is 11.6. The summed E-state index contributed by atoms with van der Waals surface area (Å²) < 4.78 is 9.14. The highest BCUT2D eigenvalue weighted by Crippen LogP contribution is 2.45. The fourth-order valence-corrected chi connectivity index (χ4v) is 10.7. The molecule has 0 fully saturated rings. The summed E-state index contributed by atoms with van der Waals surface area (Å²) in [7, 11) is 0. The van der Waals surface area contributed by atoms with Gasteiger partial charge in [-0.15, -0.1) is 0 Å². The first-order valence-corrected chi connectivity index (χ1v) is 22.2. The Morgan fingerprint density at radius 1 is 0.318 bits per heavy atom. The Hall–Kier alpha value is -9.25. The predicted molar refractivity (Wildman–Crippen MR) is 270 cm³/mol. The molecule has 5 aromatic heterocycles. The molecular weight excluding hydrogens is 807 g/mol. The van der Waals surface area contributed by atoms with Crippen LogP contribution in [0.25, 0.3) is 122 Å². The summed E-state index contributed by atoms with van der Waals surface area (Å²) in [5, 5.41) is 20.5. The van der Waals surface area contributed by atoms with E-state index in [4.69, 9.17) is 9.97 Å². The molecule has 66 heavy (non-hydrogen) atoms. The van der Waals surface area contributed by atoms with Gasteiger partial charge < -0.3 is 9.13 Å². The second-order valence-corrected chi connectivity index (χ2v) is 16.8. The van der Waals surface area contributed by atoms with Gasteiger partial charge in [0.2, 0.25) is 0 Å². The van der Waals surface area contributed by atoms with Crippen molar-refractivity contribution in [2.75, 3.05) is 0 Å². The summed E-state index contributed by atoms with van der Waals surface area (Å²) in [6.45, 7) is 0. The average molecular weight is 842 g/mol. The molecule has 14 aromatic rings. The normalized spacial score (nSPS) is 11.9. The van der Waals surface area contributed by atoms with E-state index in [2.05, 4.69) is 206 Å². The maximum absolute atomic E-state index is 11.9. The van der Waals surface area contributed by atoms with E-state index in [0.29, 0.717) is 23.0 Å². The van der Waals surface area contributed by atoms with Gasteiger partial charge >= 0.3 is 0 Å². The van der Waals surface area contributed by atoms with Gasteiger partial charge in [0.25, 0.3) is 0 Å². The topological polar surface area (TPSA) is 69.3 Å². The first kappa shape index (κ1) is 36.3. The van der Waals surface area contributed by atoms with E-state index in [1.807, 2.05) is 30.3 Å². The number of aromatic nitrogens is 6. The summed E-state index contributed by atoms with van der Waals surface area (Å²) in [6, 6.07) is 77.0. The Morgan fingerprint density at radius 3 is 1.11 bits per heavy atom. The van der Waals surface area contributed by atoms with E-state index in [9.17, 15) is 5.26 Å². The number of fused-ring (bicyclic) bond motifs is 14. The highest BCUT2D eigenvalue weighted by Gasteiger charge is 2.28. The second kappa shape index (κ2) is 13.9. The van der Waals surface area contributed by atoms with Gasteiger partial charge in [-0.3, -0.25) is 9.13 Å². The third kappa shape index (κ3) is 4.95. The molecule has 0 aliphatic carbocycles. The number of hydrogen-bond acceptors (Lipinski definition) is 3. The van der Waals surface area contributed by atoms with Gasteiger partial charge in [-0.1, -0.05) is 152 Å². The van der Waals surface area contributed by atoms with E-state index in [0.717, 1.165) is 104 Å². The molecule has 7 nitrogen and oxygen atoms in total. The average Bonchev–Trinajstić information content (AvgIpc) is 4.11. The predicted octanol–water partition coefficient (Wildman–Crippen LogP) is 14.4. The van der Waals surface area contributed by atoms with Crippen LogP contribution in [0.5, 0.6) is 0 Å². The number of hydrogen-bond donors (Lipinski definition) is 0. The summed E-state index contributed by atoms with van der Waals surface area (Å²) in [6.07, 6.45) is 0. The lowest BCUT2D eigenvalue weighted by Gasteiger charge is -2.17. The molecule has 9 aromatic carbocycles. The van der Waals surface area contributed by atoms with Crippen molar-refractivity contribution in [1.29, 1.82) is 5.26 Å². The van der Waals surface area contributed by atoms with Crippen molar-refractivity contribution in [2.45, 2.75) is 0 Å². The summed E-state index contributed by atoms with van der Waals surface area (Å²) in [5.74, 6) is 1.55. The van der Waals surface area contributed by atoms with Gasteiger partial charge in [-0.05, 0) is 60.7 Å². The largest absolute Gasteiger partial charge is 0.309 e. The van der Waals surface area contributed by atoms with Gasteiger partial charge in [0, 0.05) is 60.0 Å². The third-order valence-corrected chi connectivity index (χ3v) is 13.4. The molecule has 0 saturated heterocycles. The minimum Gasteiger partial charge on any atom is -0.309 e. The molecular formula is C59H35N7. The van der Waals surface area contributed by atoms with Crippen LogP contribution in [0.1, 0.15) is 5.56 Å². The quantitative estimate of drug-likeness (QED) is 0.173. The molecule has 0 spiro atoms. The molecule has 0 atom stereocenters. The smallest absolute Gasteiger partial charge is 0.164 e. The van der Waals surface area contributed by atoms with Crippen molar-refractivity contribution in [3.8, 4) is 40.5 Å². The molecule has 0 radical (unpaired) electrons. The third-order valence-electron chi connectivity index (χ3n) is 13.4. The van der Waals surface area contributed by atoms with Gasteiger partial charge in [-0.2, -0.15) is 5.26 Å². The van der Waals surface area contributed by atoms with Crippen molar-refractivity contribution < 1.29 is 0 Å². The molecule has 0 amide bonds.